The van der Waals surface area contributed by atoms with Crippen LogP contribution in [0.25, 0.3) is 10.9 Å². The van der Waals surface area contributed by atoms with Gasteiger partial charge in [0.1, 0.15) is 23.1 Å². The molecule has 0 radical (unpaired) electrons. The summed E-state index contributed by atoms with van der Waals surface area (Å²) in [6.45, 7) is 7.01. The number of aromatic nitrogens is 5. The van der Waals surface area contributed by atoms with E-state index < -0.39 is 6.04 Å². The Balaban J connectivity index is 1.43. The minimum atomic E-state index is -0.496. The smallest absolute Gasteiger partial charge is 0.123 e. The fourth-order valence-corrected chi connectivity index (χ4v) is 5.34. The number of anilines is 2. The number of benzene rings is 2. The summed E-state index contributed by atoms with van der Waals surface area (Å²) in [5, 5.41) is 27.1. The molecule has 212 valence electrons. The Morgan fingerprint density at radius 2 is 1.90 bits per heavy atom. The summed E-state index contributed by atoms with van der Waals surface area (Å²) < 4.78 is 15.8. The molecule has 6 rings (SSSR count). The van der Waals surface area contributed by atoms with Crippen molar-refractivity contribution in [3.63, 3.8) is 0 Å². The van der Waals surface area contributed by atoms with Gasteiger partial charge in [-0.15, -0.1) is 5.10 Å². The van der Waals surface area contributed by atoms with Gasteiger partial charge in [-0.05, 0) is 60.2 Å². The third-order valence-corrected chi connectivity index (χ3v) is 7.68. The van der Waals surface area contributed by atoms with E-state index in [2.05, 4.69) is 57.8 Å². The third-order valence-electron chi connectivity index (χ3n) is 7.47. The first-order valence-corrected chi connectivity index (χ1v) is 14.2. The average molecular weight is 581 g/mol. The molecule has 5 aromatic rings. The molecule has 8 nitrogen and oxygen atoms in total. The molecule has 10 heteroatoms. The van der Waals surface area contributed by atoms with Crippen LogP contribution in [0.15, 0.2) is 73.2 Å². The van der Waals surface area contributed by atoms with Gasteiger partial charge >= 0.3 is 0 Å². The lowest BCUT2D eigenvalue weighted by atomic mass is 9.96. The van der Waals surface area contributed by atoms with Gasteiger partial charge in [0, 0.05) is 29.3 Å². The fourth-order valence-electron chi connectivity index (χ4n) is 5.12. The first-order valence-electron chi connectivity index (χ1n) is 13.8. The Bertz CT molecular complexity index is 1780. The van der Waals surface area contributed by atoms with Gasteiger partial charge in [-0.3, -0.25) is 9.97 Å². The molecule has 0 spiro atoms. The van der Waals surface area contributed by atoms with Crippen LogP contribution in [0.4, 0.5) is 15.8 Å². The van der Waals surface area contributed by atoms with Gasteiger partial charge in [0.25, 0.3) is 0 Å². The highest BCUT2D eigenvalue weighted by Crippen LogP contribution is 2.48. The number of nitriles is 1. The SMILES string of the molecule is CC(C)(C)CNc1c(C#N)cnc2c(N[C@@H](c3ccc(F)cc3)c3cn(C4(c5ccccn5)CC4)nn3)cc(Cl)cc12. The summed E-state index contributed by atoms with van der Waals surface area (Å²) in [6.07, 6.45) is 7.10. The maximum absolute atomic E-state index is 13.9. The van der Waals surface area contributed by atoms with Crippen LogP contribution in [-0.4, -0.2) is 31.5 Å². The number of fused-ring (bicyclic) bond motifs is 1. The second-order valence-electron chi connectivity index (χ2n) is 11.9. The zero-order chi connectivity index (χ0) is 29.5. The maximum atomic E-state index is 13.9. The molecule has 42 heavy (non-hydrogen) atoms. The molecule has 0 saturated heterocycles. The summed E-state index contributed by atoms with van der Waals surface area (Å²) >= 11 is 6.65. The lowest BCUT2D eigenvalue weighted by Gasteiger charge is -2.23. The number of rotatable bonds is 8. The molecule has 1 aliphatic rings. The molecule has 2 N–H and O–H groups in total. The number of nitrogens with one attached hydrogen (secondary N) is 2. The highest BCUT2D eigenvalue weighted by Gasteiger charge is 2.49. The highest BCUT2D eigenvalue weighted by molar-refractivity contribution is 6.32. The Hall–Kier alpha value is -4.55. The van der Waals surface area contributed by atoms with E-state index in [1.54, 1.807) is 30.6 Å². The molecule has 3 heterocycles. The van der Waals surface area contributed by atoms with Crippen LogP contribution in [0, 0.1) is 22.6 Å². The number of hydrogen-bond donors (Lipinski definition) is 2. The summed E-state index contributed by atoms with van der Waals surface area (Å²) in [5.74, 6) is -0.332. The molecule has 2 aromatic carbocycles. The fraction of sp³-hybridized carbons (Fsp3) is 0.281. The third kappa shape index (κ3) is 5.38. The van der Waals surface area contributed by atoms with E-state index in [0.29, 0.717) is 39.7 Å². The number of halogens is 2. The number of nitrogens with zero attached hydrogens (tertiary/aromatic N) is 6. The van der Waals surface area contributed by atoms with Gasteiger partial charge in [-0.25, -0.2) is 9.07 Å². The van der Waals surface area contributed by atoms with Crippen LogP contribution in [0.2, 0.25) is 5.02 Å². The normalized spacial score (nSPS) is 14.8. The summed E-state index contributed by atoms with van der Waals surface area (Å²) in [4.78, 5) is 9.23. The van der Waals surface area contributed by atoms with Gasteiger partial charge in [0.05, 0.1) is 40.4 Å². The Labute approximate surface area is 248 Å². The molecule has 1 fully saturated rings. The van der Waals surface area contributed by atoms with Gasteiger partial charge in [0.2, 0.25) is 0 Å². The van der Waals surface area contributed by atoms with Gasteiger partial charge in [-0.1, -0.05) is 55.8 Å². The van der Waals surface area contributed by atoms with Crippen LogP contribution < -0.4 is 10.6 Å². The van der Waals surface area contributed by atoms with E-state index in [4.69, 9.17) is 11.6 Å². The largest absolute Gasteiger partial charge is 0.383 e. The van der Waals surface area contributed by atoms with Gasteiger partial charge in [0.15, 0.2) is 0 Å². The predicted octanol–water partition coefficient (Wildman–Crippen LogP) is 7.08. The van der Waals surface area contributed by atoms with Crippen molar-refractivity contribution in [3.05, 3.63) is 107 Å². The van der Waals surface area contributed by atoms with Crippen LogP contribution in [-0.2, 0) is 5.54 Å². The standard InChI is InChI=1S/C32H30ClFN8/c1-31(2,3)19-38-28-21(16-35)17-37-30-24(28)14-22(33)15-25(30)39-29(20-7-9-23(34)10-8-20)26-18-42(41-40-26)32(11-12-32)27-6-4-5-13-36-27/h4-10,13-15,17-18,29,39H,11-12,19H2,1-3H3,(H,37,38)/t29-/m0/s1. The molecular formula is C32H30ClFN8. The second-order valence-corrected chi connectivity index (χ2v) is 12.3. The molecule has 3 aromatic heterocycles. The van der Waals surface area contributed by atoms with Crippen molar-refractivity contribution in [1.29, 1.82) is 5.26 Å². The Morgan fingerprint density at radius 1 is 1.12 bits per heavy atom. The lowest BCUT2D eigenvalue weighted by Crippen LogP contribution is -2.20. The van der Waals surface area contributed by atoms with E-state index in [9.17, 15) is 9.65 Å². The van der Waals surface area contributed by atoms with E-state index in [1.165, 1.54) is 12.1 Å². The van der Waals surface area contributed by atoms with E-state index in [1.807, 2.05) is 35.1 Å². The monoisotopic (exact) mass is 580 g/mol. The zero-order valence-electron chi connectivity index (χ0n) is 23.6. The van der Waals surface area contributed by atoms with Crippen LogP contribution >= 0.6 is 11.6 Å². The molecule has 1 aliphatic carbocycles. The van der Waals surface area contributed by atoms with Crippen molar-refractivity contribution in [2.24, 2.45) is 5.41 Å². The molecule has 0 bridgehead atoms. The molecule has 0 aliphatic heterocycles. The highest BCUT2D eigenvalue weighted by atomic mass is 35.5. The van der Waals surface area contributed by atoms with Crippen LogP contribution in [0.3, 0.4) is 0 Å². The quantitative estimate of drug-likeness (QED) is 0.202. The Kier molecular flexibility index (Phi) is 7.03. The van der Waals surface area contributed by atoms with E-state index >= 15 is 0 Å². The van der Waals surface area contributed by atoms with Crippen LogP contribution in [0.5, 0.6) is 0 Å². The van der Waals surface area contributed by atoms with Crippen molar-refractivity contribution in [3.8, 4) is 6.07 Å². The molecule has 0 unspecified atom stereocenters. The number of pyridine rings is 2. The maximum Gasteiger partial charge on any atom is 0.123 e. The van der Waals surface area contributed by atoms with Crippen LogP contribution in [0.1, 0.15) is 62.2 Å². The summed E-state index contributed by atoms with van der Waals surface area (Å²) in [5.41, 5.74) is 4.44. The topological polar surface area (TPSA) is 104 Å². The molecular weight excluding hydrogens is 551 g/mol. The van der Waals surface area contributed by atoms with Crippen molar-refractivity contribution >= 4 is 33.9 Å². The van der Waals surface area contributed by atoms with Crippen molar-refractivity contribution in [2.75, 3.05) is 17.2 Å². The molecule has 1 atom stereocenters. The average Bonchev–Trinajstić information content (AvgIpc) is 3.64. The van der Waals surface area contributed by atoms with Crippen molar-refractivity contribution in [1.82, 2.24) is 25.0 Å². The summed E-state index contributed by atoms with van der Waals surface area (Å²) in [6, 6.07) is 17.5. The minimum Gasteiger partial charge on any atom is -0.383 e. The molecule has 0 amide bonds. The predicted molar refractivity (Wildman–Crippen MR) is 162 cm³/mol. The lowest BCUT2D eigenvalue weighted by molar-refractivity contribution is 0.443. The first kappa shape index (κ1) is 27.6. The van der Waals surface area contributed by atoms with Gasteiger partial charge < -0.3 is 10.6 Å². The van der Waals surface area contributed by atoms with Crippen molar-refractivity contribution < 1.29 is 4.39 Å². The zero-order valence-corrected chi connectivity index (χ0v) is 24.3. The first-order chi connectivity index (χ1) is 20.2. The van der Waals surface area contributed by atoms with Gasteiger partial charge in [-0.2, -0.15) is 5.26 Å². The number of hydrogen-bond acceptors (Lipinski definition) is 7. The van der Waals surface area contributed by atoms with E-state index in [-0.39, 0.29) is 16.8 Å². The molecule has 1 saturated carbocycles. The minimum absolute atomic E-state index is 0.0182. The van der Waals surface area contributed by atoms with E-state index in [0.717, 1.165) is 29.5 Å². The Morgan fingerprint density at radius 3 is 2.57 bits per heavy atom. The second kappa shape index (κ2) is 10.7. The summed E-state index contributed by atoms with van der Waals surface area (Å²) in [7, 11) is 0. The van der Waals surface area contributed by atoms with Crippen molar-refractivity contribution in [2.45, 2.75) is 45.2 Å².